The lowest BCUT2D eigenvalue weighted by atomic mass is 9.97. The molecule has 1 aromatic carbocycles. The van der Waals surface area contributed by atoms with Crippen LogP contribution in [0.2, 0.25) is 0 Å². The van der Waals surface area contributed by atoms with Crippen LogP contribution in [0, 0.1) is 5.92 Å². The number of rotatable bonds is 7. The molecule has 25 heavy (non-hydrogen) atoms. The second-order valence-electron chi connectivity index (χ2n) is 6.62. The van der Waals surface area contributed by atoms with Gasteiger partial charge >= 0.3 is 0 Å². The van der Waals surface area contributed by atoms with Crippen molar-refractivity contribution >= 4 is 11.9 Å². The van der Waals surface area contributed by atoms with Gasteiger partial charge in [-0.15, -0.1) is 0 Å². The average Bonchev–Trinajstić information content (AvgIpc) is 2.68. The van der Waals surface area contributed by atoms with Gasteiger partial charge in [-0.3, -0.25) is 4.79 Å². The third-order valence-corrected chi connectivity index (χ3v) is 4.75. The summed E-state index contributed by atoms with van der Waals surface area (Å²) >= 11 is 0. The summed E-state index contributed by atoms with van der Waals surface area (Å²) in [5.41, 5.74) is 1.30. The van der Waals surface area contributed by atoms with Gasteiger partial charge < -0.3 is 10.2 Å². The number of nitrogens with zero attached hydrogens (tertiary/aromatic N) is 3. The molecular formula is C20H26N4O. The van der Waals surface area contributed by atoms with Gasteiger partial charge in [0.05, 0.1) is 0 Å². The average molecular weight is 338 g/mol. The van der Waals surface area contributed by atoms with Crippen LogP contribution >= 0.6 is 0 Å². The molecule has 0 aliphatic carbocycles. The summed E-state index contributed by atoms with van der Waals surface area (Å²) in [6, 6.07) is 12.2. The lowest BCUT2D eigenvalue weighted by molar-refractivity contribution is -0.121. The van der Waals surface area contributed by atoms with Crippen molar-refractivity contribution in [3.63, 3.8) is 0 Å². The predicted octanol–water partition coefficient (Wildman–Crippen LogP) is 2.83. The first kappa shape index (κ1) is 17.4. The van der Waals surface area contributed by atoms with E-state index in [1.165, 1.54) is 5.56 Å². The molecule has 0 atom stereocenters. The van der Waals surface area contributed by atoms with Gasteiger partial charge in [-0.1, -0.05) is 30.3 Å². The highest BCUT2D eigenvalue weighted by molar-refractivity contribution is 5.75. The van der Waals surface area contributed by atoms with Gasteiger partial charge in [0.2, 0.25) is 11.9 Å². The lowest BCUT2D eigenvalue weighted by Crippen LogP contribution is -2.39. The Bertz CT molecular complexity index is 639. The topological polar surface area (TPSA) is 58.1 Å². The first-order chi connectivity index (χ1) is 12.3. The Morgan fingerprint density at radius 2 is 1.80 bits per heavy atom. The molecule has 1 saturated heterocycles. The first-order valence-corrected chi connectivity index (χ1v) is 9.14. The fourth-order valence-corrected chi connectivity index (χ4v) is 3.24. The molecule has 2 aromatic rings. The molecular weight excluding hydrogens is 312 g/mol. The van der Waals surface area contributed by atoms with Gasteiger partial charge in [-0.2, -0.15) is 0 Å². The summed E-state index contributed by atoms with van der Waals surface area (Å²) in [4.78, 5) is 22.9. The summed E-state index contributed by atoms with van der Waals surface area (Å²) < 4.78 is 0. The van der Waals surface area contributed by atoms with E-state index in [0.717, 1.165) is 51.3 Å². The van der Waals surface area contributed by atoms with Crippen LogP contribution in [0.15, 0.2) is 48.8 Å². The first-order valence-electron chi connectivity index (χ1n) is 9.14. The molecule has 5 nitrogen and oxygen atoms in total. The van der Waals surface area contributed by atoms with E-state index in [1.807, 2.05) is 24.3 Å². The molecule has 0 radical (unpaired) electrons. The summed E-state index contributed by atoms with van der Waals surface area (Å²) in [6.07, 6.45) is 8.17. The van der Waals surface area contributed by atoms with E-state index in [1.54, 1.807) is 12.4 Å². The number of nitrogens with one attached hydrogen (secondary N) is 1. The molecule has 1 aliphatic heterocycles. The molecule has 1 N–H and O–H groups in total. The standard InChI is InChI=1S/C20H26N4O/c25-19(9-4-8-17-6-2-1-3-7-17)23-16-18-10-14-24(15-11-18)20-21-12-5-13-22-20/h1-3,5-7,12-13,18H,4,8-11,14-16H2,(H,23,25). The Morgan fingerprint density at radius 1 is 1.08 bits per heavy atom. The fraction of sp³-hybridized carbons (Fsp3) is 0.450. The predicted molar refractivity (Wildman–Crippen MR) is 99.4 cm³/mol. The van der Waals surface area contributed by atoms with Gasteiger partial charge in [0.25, 0.3) is 0 Å². The van der Waals surface area contributed by atoms with Gasteiger partial charge in [0, 0.05) is 38.4 Å². The van der Waals surface area contributed by atoms with Gasteiger partial charge in [-0.25, -0.2) is 9.97 Å². The van der Waals surface area contributed by atoms with Crippen LogP contribution < -0.4 is 10.2 Å². The third kappa shape index (κ3) is 5.55. The van der Waals surface area contributed by atoms with E-state index in [4.69, 9.17) is 0 Å². The minimum Gasteiger partial charge on any atom is -0.356 e. The van der Waals surface area contributed by atoms with Crippen molar-refractivity contribution in [2.24, 2.45) is 5.92 Å². The zero-order valence-electron chi connectivity index (χ0n) is 14.6. The van der Waals surface area contributed by atoms with Crippen molar-refractivity contribution in [3.05, 3.63) is 54.4 Å². The minimum absolute atomic E-state index is 0.171. The SMILES string of the molecule is O=C(CCCc1ccccc1)NCC1CCN(c2ncccn2)CC1. The molecule has 132 valence electrons. The maximum absolute atomic E-state index is 12.0. The minimum atomic E-state index is 0.171. The van der Waals surface area contributed by atoms with E-state index < -0.39 is 0 Å². The highest BCUT2D eigenvalue weighted by Crippen LogP contribution is 2.19. The number of anilines is 1. The van der Waals surface area contributed by atoms with Crippen molar-refractivity contribution in [3.8, 4) is 0 Å². The second-order valence-corrected chi connectivity index (χ2v) is 6.62. The van der Waals surface area contributed by atoms with Crippen LogP contribution in [0.5, 0.6) is 0 Å². The van der Waals surface area contributed by atoms with E-state index >= 15 is 0 Å². The molecule has 1 amide bonds. The third-order valence-electron chi connectivity index (χ3n) is 4.75. The monoisotopic (exact) mass is 338 g/mol. The maximum Gasteiger partial charge on any atom is 0.225 e. The number of hydrogen-bond donors (Lipinski definition) is 1. The zero-order valence-corrected chi connectivity index (χ0v) is 14.6. The summed E-state index contributed by atoms with van der Waals surface area (Å²) in [5, 5.41) is 3.10. The van der Waals surface area contributed by atoms with E-state index in [0.29, 0.717) is 12.3 Å². The lowest BCUT2D eigenvalue weighted by Gasteiger charge is -2.31. The van der Waals surface area contributed by atoms with Crippen LogP contribution in [0.1, 0.15) is 31.2 Å². The van der Waals surface area contributed by atoms with Crippen molar-refractivity contribution < 1.29 is 4.79 Å². The molecule has 1 fully saturated rings. The molecule has 2 heterocycles. The molecule has 0 bridgehead atoms. The molecule has 1 aromatic heterocycles. The Morgan fingerprint density at radius 3 is 2.52 bits per heavy atom. The summed E-state index contributed by atoms with van der Waals surface area (Å²) in [5.74, 6) is 1.54. The largest absolute Gasteiger partial charge is 0.356 e. The molecule has 0 unspecified atom stereocenters. The van der Waals surface area contributed by atoms with Crippen LogP contribution in [0.3, 0.4) is 0 Å². The van der Waals surface area contributed by atoms with E-state index in [2.05, 4.69) is 32.3 Å². The number of aryl methyl sites for hydroxylation is 1. The van der Waals surface area contributed by atoms with E-state index in [9.17, 15) is 4.79 Å². The normalized spacial score (nSPS) is 15.1. The maximum atomic E-state index is 12.0. The van der Waals surface area contributed by atoms with Crippen molar-refractivity contribution in [1.82, 2.24) is 15.3 Å². The number of piperidine rings is 1. The number of hydrogen-bond acceptors (Lipinski definition) is 4. The highest BCUT2D eigenvalue weighted by atomic mass is 16.1. The Hall–Kier alpha value is -2.43. The Balaban J connectivity index is 1.31. The van der Waals surface area contributed by atoms with Crippen LogP contribution in [-0.4, -0.2) is 35.5 Å². The molecule has 0 saturated carbocycles. The zero-order chi connectivity index (χ0) is 17.3. The quantitative estimate of drug-likeness (QED) is 0.843. The van der Waals surface area contributed by atoms with Crippen LogP contribution in [0.25, 0.3) is 0 Å². The Kier molecular flexibility index (Phi) is 6.37. The smallest absolute Gasteiger partial charge is 0.225 e. The van der Waals surface area contributed by atoms with Gasteiger partial charge in [0.15, 0.2) is 0 Å². The molecule has 3 rings (SSSR count). The summed E-state index contributed by atoms with van der Waals surface area (Å²) in [7, 11) is 0. The number of aromatic nitrogens is 2. The number of carbonyl (C=O) groups is 1. The second kappa shape index (κ2) is 9.16. The van der Waals surface area contributed by atoms with Crippen molar-refractivity contribution in [1.29, 1.82) is 0 Å². The molecule has 1 aliphatic rings. The molecule has 0 spiro atoms. The number of carbonyl (C=O) groups excluding carboxylic acids is 1. The Labute approximate surface area is 149 Å². The molecule has 5 heteroatoms. The van der Waals surface area contributed by atoms with Crippen molar-refractivity contribution in [2.45, 2.75) is 32.1 Å². The van der Waals surface area contributed by atoms with Crippen molar-refractivity contribution in [2.75, 3.05) is 24.5 Å². The van der Waals surface area contributed by atoms with E-state index in [-0.39, 0.29) is 5.91 Å². The number of benzene rings is 1. The van der Waals surface area contributed by atoms with Crippen LogP contribution in [-0.2, 0) is 11.2 Å². The van der Waals surface area contributed by atoms with Gasteiger partial charge in [-0.05, 0) is 43.2 Å². The van der Waals surface area contributed by atoms with Gasteiger partial charge in [0.1, 0.15) is 0 Å². The summed E-state index contributed by atoms with van der Waals surface area (Å²) in [6.45, 7) is 2.70. The number of amides is 1. The highest BCUT2D eigenvalue weighted by Gasteiger charge is 2.21. The fourth-order valence-electron chi connectivity index (χ4n) is 3.24. The van der Waals surface area contributed by atoms with Crippen LogP contribution in [0.4, 0.5) is 5.95 Å².